The Morgan fingerprint density at radius 1 is 0.722 bits per heavy atom. The van der Waals surface area contributed by atoms with Crippen molar-refractivity contribution < 1.29 is 0 Å². The highest BCUT2D eigenvalue weighted by molar-refractivity contribution is 6.68. The van der Waals surface area contributed by atoms with E-state index in [1.807, 2.05) is 0 Å². The molecule has 0 N–H and O–H groups in total. The Kier molecular flexibility index (Phi) is 2.92. The summed E-state index contributed by atoms with van der Waals surface area (Å²) in [5, 5.41) is 0. The monoisotopic (exact) mass is 244 g/mol. The number of fused-ring (bicyclic) bond motifs is 1. The molecule has 2 aliphatic rings. The van der Waals surface area contributed by atoms with Crippen LogP contribution in [0.15, 0.2) is 23.3 Å². The van der Waals surface area contributed by atoms with Crippen molar-refractivity contribution in [3.8, 4) is 0 Å². The lowest BCUT2D eigenvalue weighted by Crippen LogP contribution is -2.46. The van der Waals surface area contributed by atoms with Gasteiger partial charge in [-0.25, -0.2) is 0 Å². The predicted molar refractivity (Wildman–Crippen MR) is 82.0 cm³/mol. The van der Waals surface area contributed by atoms with Crippen LogP contribution in [-0.4, -0.2) is 23.5 Å². The number of nitrogens with zero attached hydrogens (tertiary/aromatic N) is 2. The maximum atomic E-state index is 2.49. The number of allylic oxidation sites excluding steroid dienone is 2. The van der Waals surface area contributed by atoms with E-state index in [0.717, 1.165) is 0 Å². The van der Waals surface area contributed by atoms with Crippen LogP contribution in [0.2, 0.25) is 13.6 Å². The zero-order valence-corrected chi connectivity index (χ0v) is 13.2. The van der Waals surface area contributed by atoms with Gasteiger partial charge in [-0.15, -0.1) is 0 Å². The fraction of sp³-hybridized carbons (Fsp3) is 0.714. The fourth-order valence-electron chi connectivity index (χ4n) is 3.00. The van der Waals surface area contributed by atoms with Crippen molar-refractivity contribution in [1.82, 2.24) is 9.84 Å². The molecule has 18 heavy (non-hydrogen) atoms. The quantitative estimate of drug-likeness (QED) is 0.599. The van der Waals surface area contributed by atoms with Crippen LogP contribution in [0, 0.1) is 10.8 Å². The molecule has 2 heterocycles. The minimum atomic E-state index is 0.207. The van der Waals surface area contributed by atoms with Gasteiger partial charge in [-0.3, -0.25) is 0 Å². The maximum Gasteiger partial charge on any atom is 0.303 e. The summed E-state index contributed by atoms with van der Waals surface area (Å²) >= 11 is 0. The zero-order valence-electron chi connectivity index (χ0n) is 13.2. The average molecular weight is 244 g/mol. The Hall–Kier alpha value is -0.790. The van der Waals surface area contributed by atoms with Gasteiger partial charge in [0.05, 0.1) is 0 Å². The number of rotatable bonds is 0. The number of hydrogen-bond donors (Lipinski definition) is 0. The van der Waals surface area contributed by atoms with Crippen LogP contribution >= 0.6 is 0 Å². The van der Waals surface area contributed by atoms with E-state index in [2.05, 4.69) is 77.0 Å². The second-order valence-corrected chi connectivity index (χ2v) is 7.77. The smallest absolute Gasteiger partial charge is 0.303 e. The highest BCUT2D eigenvalue weighted by Crippen LogP contribution is 2.44. The lowest BCUT2D eigenvalue weighted by atomic mass is 9.60. The molecule has 0 aliphatic carbocycles. The van der Waals surface area contributed by atoms with E-state index in [1.54, 1.807) is 0 Å². The van der Waals surface area contributed by atoms with Crippen LogP contribution in [0.3, 0.4) is 0 Å². The molecule has 0 unspecified atom stereocenters. The molecular weight excluding hydrogens is 218 g/mol. The van der Waals surface area contributed by atoms with Crippen LogP contribution in [0.5, 0.6) is 0 Å². The van der Waals surface area contributed by atoms with Crippen LogP contribution in [-0.2, 0) is 0 Å². The third-order valence-electron chi connectivity index (χ3n) is 3.83. The first-order valence-corrected chi connectivity index (χ1v) is 7.06. The minimum Gasteiger partial charge on any atom is -0.341 e. The molecule has 0 fully saturated rings. The fourth-order valence-corrected chi connectivity index (χ4v) is 3.00. The first-order valence-electron chi connectivity index (χ1n) is 7.06. The molecule has 2 aliphatic heterocycles. The summed E-state index contributed by atoms with van der Waals surface area (Å²) in [6, 6.07) is 0. The third kappa shape index (κ3) is 2.00. The molecule has 0 aromatic rings. The maximum absolute atomic E-state index is 2.49. The van der Waals surface area contributed by atoms with Gasteiger partial charge in [0.1, 0.15) is 0 Å². The standard InChI is InChI=1S/C14H26B2N2/c1-13(2,3)11-9-15(7)18-12(14(4,5)6)10-16(8)17(11)18/h9-10H,1-8H3. The number of hydrazine groups is 1. The van der Waals surface area contributed by atoms with Crippen LogP contribution in [0.4, 0.5) is 0 Å². The van der Waals surface area contributed by atoms with Crippen molar-refractivity contribution in [2.45, 2.75) is 55.2 Å². The van der Waals surface area contributed by atoms with E-state index in [9.17, 15) is 0 Å². The largest absolute Gasteiger partial charge is 0.341 e. The minimum absolute atomic E-state index is 0.207. The Labute approximate surface area is 113 Å². The summed E-state index contributed by atoms with van der Waals surface area (Å²) in [4.78, 5) is 4.98. The summed E-state index contributed by atoms with van der Waals surface area (Å²) in [7, 11) is 0. The summed E-state index contributed by atoms with van der Waals surface area (Å²) in [5.74, 6) is 4.85. The van der Waals surface area contributed by atoms with Gasteiger partial charge in [-0.1, -0.05) is 67.1 Å². The van der Waals surface area contributed by atoms with E-state index in [-0.39, 0.29) is 10.8 Å². The molecule has 0 atom stereocenters. The highest BCUT2D eigenvalue weighted by Gasteiger charge is 2.46. The van der Waals surface area contributed by atoms with Gasteiger partial charge in [-0.2, -0.15) is 0 Å². The molecular formula is C14H26B2N2. The van der Waals surface area contributed by atoms with Crippen LogP contribution in [0.1, 0.15) is 41.5 Å². The lowest BCUT2D eigenvalue weighted by Gasteiger charge is -2.42. The van der Waals surface area contributed by atoms with Gasteiger partial charge in [0.25, 0.3) is 0 Å². The molecule has 0 saturated carbocycles. The molecule has 0 spiro atoms. The molecule has 0 radical (unpaired) electrons. The van der Waals surface area contributed by atoms with Gasteiger partial charge in [0.2, 0.25) is 0 Å². The van der Waals surface area contributed by atoms with Gasteiger partial charge in [0.15, 0.2) is 0 Å². The molecule has 4 heteroatoms. The van der Waals surface area contributed by atoms with Crippen LogP contribution < -0.4 is 0 Å². The van der Waals surface area contributed by atoms with Crippen molar-refractivity contribution in [2.24, 2.45) is 10.8 Å². The molecule has 0 saturated heterocycles. The van der Waals surface area contributed by atoms with Crippen molar-refractivity contribution >= 4 is 13.7 Å². The van der Waals surface area contributed by atoms with E-state index in [4.69, 9.17) is 0 Å². The SMILES string of the molecule is CB1C=C(C(C)(C)C)N2B(C)C=C(C(C)(C)C)N12. The first-order chi connectivity index (χ1) is 8.03. The van der Waals surface area contributed by atoms with Gasteiger partial charge in [-0.05, 0) is 0 Å². The number of hydrogen-bond acceptors (Lipinski definition) is 2. The van der Waals surface area contributed by atoms with Gasteiger partial charge in [0, 0.05) is 22.2 Å². The molecule has 2 rings (SSSR count). The van der Waals surface area contributed by atoms with E-state index in [0.29, 0.717) is 13.7 Å². The van der Waals surface area contributed by atoms with Crippen molar-refractivity contribution in [2.75, 3.05) is 0 Å². The molecule has 0 aromatic heterocycles. The lowest BCUT2D eigenvalue weighted by molar-refractivity contribution is 0.197. The average Bonchev–Trinajstić information content (AvgIpc) is 2.65. The Bertz CT molecular complexity index is 372. The Balaban J connectivity index is 2.39. The normalized spacial score (nSPS) is 20.4. The third-order valence-corrected chi connectivity index (χ3v) is 3.83. The summed E-state index contributed by atoms with van der Waals surface area (Å²) in [5.41, 5.74) is 3.33. The summed E-state index contributed by atoms with van der Waals surface area (Å²) < 4.78 is 0. The molecule has 2 nitrogen and oxygen atoms in total. The highest BCUT2D eigenvalue weighted by atomic mass is 15.6. The van der Waals surface area contributed by atoms with E-state index in [1.165, 1.54) is 11.4 Å². The van der Waals surface area contributed by atoms with Crippen molar-refractivity contribution in [1.29, 1.82) is 0 Å². The summed E-state index contributed by atoms with van der Waals surface area (Å²) in [6.07, 6.45) is 0. The van der Waals surface area contributed by atoms with Crippen molar-refractivity contribution in [3.63, 3.8) is 0 Å². The Morgan fingerprint density at radius 2 is 1.00 bits per heavy atom. The van der Waals surface area contributed by atoms with Crippen molar-refractivity contribution in [3.05, 3.63) is 23.3 Å². The molecule has 0 amide bonds. The predicted octanol–water partition coefficient (Wildman–Crippen LogP) is 3.71. The van der Waals surface area contributed by atoms with Crippen LogP contribution in [0.25, 0.3) is 0 Å². The Morgan fingerprint density at radius 3 is 1.22 bits per heavy atom. The molecule has 0 bridgehead atoms. The topological polar surface area (TPSA) is 6.48 Å². The van der Waals surface area contributed by atoms with E-state index < -0.39 is 0 Å². The first kappa shape index (κ1) is 13.6. The van der Waals surface area contributed by atoms with Gasteiger partial charge < -0.3 is 9.84 Å². The zero-order chi connectivity index (χ0) is 13.9. The summed E-state index contributed by atoms with van der Waals surface area (Å²) in [6.45, 7) is 19.3. The second-order valence-electron chi connectivity index (χ2n) is 7.77. The van der Waals surface area contributed by atoms with E-state index >= 15 is 0 Å². The molecule has 98 valence electrons. The molecule has 0 aromatic carbocycles. The van der Waals surface area contributed by atoms with Gasteiger partial charge >= 0.3 is 13.7 Å². The second kappa shape index (κ2) is 3.85.